The van der Waals surface area contributed by atoms with Crippen LogP contribution in [0.15, 0.2) is 42.1 Å². The first kappa shape index (κ1) is 16.1. The lowest BCUT2D eigenvalue weighted by Crippen LogP contribution is -2.41. The minimum absolute atomic E-state index is 0.0225. The molecule has 3 atom stereocenters. The Kier molecular flexibility index (Phi) is 4.54. The summed E-state index contributed by atoms with van der Waals surface area (Å²) in [6.45, 7) is 4.19. The van der Waals surface area contributed by atoms with Gasteiger partial charge in [0.25, 0.3) is 5.91 Å². The maximum atomic E-state index is 13.0. The van der Waals surface area contributed by atoms with E-state index in [0.717, 1.165) is 5.56 Å². The minimum atomic E-state index is -0.701. The number of halogens is 1. The third-order valence-corrected chi connectivity index (χ3v) is 4.01. The molecule has 1 N–H and O–H groups in total. The molecule has 0 spiro atoms. The van der Waals surface area contributed by atoms with Gasteiger partial charge in [-0.1, -0.05) is 24.2 Å². The topological polar surface area (TPSA) is 81.4 Å². The number of carbonyl (C=O) groups is 1. The number of aromatic nitrogens is 3. The van der Waals surface area contributed by atoms with E-state index in [0.29, 0.717) is 12.3 Å². The van der Waals surface area contributed by atoms with E-state index in [-0.39, 0.29) is 23.7 Å². The average molecular weight is 331 g/mol. The lowest BCUT2D eigenvalue weighted by atomic mass is 9.94. The van der Waals surface area contributed by atoms with Gasteiger partial charge in [0, 0.05) is 6.54 Å². The largest absolute Gasteiger partial charge is 0.381 e. The van der Waals surface area contributed by atoms with Gasteiger partial charge in [-0.15, -0.1) is 0 Å². The van der Waals surface area contributed by atoms with Crippen molar-refractivity contribution in [3.8, 4) is 0 Å². The molecule has 1 aromatic carbocycles. The summed E-state index contributed by atoms with van der Waals surface area (Å²) >= 11 is 0. The van der Waals surface area contributed by atoms with Crippen LogP contribution >= 0.6 is 0 Å². The van der Waals surface area contributed by atoms with Crippen LogP contribution < -0.4 is 5.32 Å². The Balaban J connectivity index is 1.58. The van der Waals surface area contributed by atoms with Gasteiger partial charge in [0.15, 0.2) is 0 Å². The van der Waals surface area contributed by atoms with Crippen molar-refractivity contribution in [2.75, 3.05) is 6.54 Å². The number of benzene rings is 1. The zero-order valence-corrected chi connectivity index (χ0v) is 13.4. The molecule has 24 heavy (non-hydrogen) atoms. The monoisotopic (exact) mass is 331 g/mol. The molecule has 3 rings (SSSR count). The third-order valence-electron chi connectivity index (χ3n) is 4.01. The summed E-state index contributed by atoms with van der Waals surface area (Å²) in [7, 11) is 0. The normalized spacial score (nSPS) is 21.0. The summed E-state index contributed by atoms with van der Waals surface area (Å²) in [4.78, 5) is 21.5. The van der Waals surface area contributed by atoms with Crippen molar-refractivity contribution in [1.29, 1.82) is 0 Å². The van der Waals surface area contributed by atoms with Crippen LogP contribution in [-0.4, -0.2) is 39.0 Å². The summed E-state index contributed by atoms with van der Waals surface area (Å²) in [6.07, 6.45) is 2.35. The van der Waals surface area contributed by atoms with Crippen molar-refractivity contribution in [2.24, 2.45) is 11.1 Å². The van der Waals surface area contributed by atoms with Crippen LogP contribution in [0.4, 0.5) is 4.39 Å². The number of carbonyl (C=O) groups excluding carboxylic acids is 1. The van der Waals surface area contributed by atoms with E-state index in [1.54, 1.807) is 23.1 Å². The van der Waals surface area contributed by atoms with E-state index >= 15 is 0 Å². The first-order chi connectivity index (χ1) is 11.6. The highest BCUT2D eigenvalue weighted by Gasteiger charge is 2.36. The fraction of sp³-hybridized carbons (Fsp3) is 0.375. The highest BCUT2D eigenvalue weighted by molar-refractivity contribution is 6.05. The zero-order valence-electron chi connectivity index (χ0n) is 13.4. The van der Waals surface area contributed by atoms with Gasteiger partial charge < -0.3 is 10.2 Å². The van der Waals surface area contributed by atoms with Gasteiger partial charge in [0.05, 0.1) is 17.7 Å². The maximum absolute atomic E-state index is 13.0. The fourth-order valence-corrected chi connectivity index (χ4v) is 2.53. The molecule has 7 nitrogen and oxygen atoms in total. The Morgan fingerprint density at radius 1 is 1.42 bits per heavy atom. The molecule has 0 bridgehead atoms. The van der Waals surface area contributed by atoms with Gasteiger partial charge >= 0.3 is 0 Å². The Morgan fingerprint density at radius 3 is 2.83 bits per heavy atom. The second-order valence-corrected chi connectivity index (χ2v) is 5.77. The van der Waals surface area contributed by atoms with Crippen molar-refractivity contribution < 1.29 is 14.0 Å². The first-order valence-electron chi connectivity index (χ1n) is 7.67. The molecule has 2 heterocycles. The van der Waals surface area contributed by atoms with Crippen LogP contribution in [0.1, 0.15) is 25.5 Å². The molecule has 1 aliphatic rings. The zero-order chi connectivity index (χ0) is 17.1. The molecule has 0 saturated heterocycles. The molecule has 0 aliphatic carbocycles. The number of nitrogens with zero attached hydrogens (tertiary/aromatic N) is 4. The molecule has 1 aliphatic heterocycles. The van der Waals surface area contributed by atoms with E-state index in [9.17, 15) is 9.18 Å². The number of rotatable bonds is 5. The van der Waals surface area contributed by atoms with Crippen LogP contribution in [0.3, 0.4) is 0 Å². The fourth-order valence-electron chi connectivity index (χ4n) is 2.53. The minimum Gasteiger partial charge on any atom is -0.381 e. The van der Waals surface area contributed by atoms with Crippen LogP contribution in [0.5, 0.6) is 0 Å². The van der Waals surface area contributed by atoms with Gasteiger partial charge in [-0.3, -0.25) is 4.79 Å². The van der Waals surface area contributed by atoms with Gasteiger partial charge in [-0.2, -0.15) is 5.10 Å². The van der Waals surface area contributed by atoms with E-state index in [2.05, 4.69) is 20.6 Å². The third kappa shape index (κ3) is 3.27. The summed E-state index contributed by atoms with van der Waals surface area (Å²) in [5.41, 5.74) is 1.38. The Morgan fingerprint density at radius 2 is 2.17 bits per heavy atom. The van der Waals surface area contributed by atoms with E-state index in [1.807, 2.05) is 13.8 Å². The first-order valence-corrected chi connectivity index (χ1v) is 7.67. The predicted molar refractivity (Wildman–Crippen MR) is 84.7 cm³/mol. The number of amides is 1. The van der Waals surface area contributed by atoms with Crippen LogP contribution in [0.25, 0.3) is 0 Å². The molecular weight excluding hydrogens is 313 g/mol. The molecule has 0 saturated carbocycles. The molecule has 0 unspecified atom stereocenters. The smallest absolute Gasteiger partial charge is 0.264 e. The van der Waals surface area contributed by atoms with Crippen molar-refractivity contribution in [3.05, 3.63) is 48.3 Å². The lowest BCUT2D eigenvalue weighted by Gasteiger charge is -2.17. The SMILES string of the molecule is C[C@@H]1C(c2ccc(F)cc2)=NO[C@@H]1C(=O)NC[C@@H](C)n1cncn1. The van der Waals surface area contributed by atoms with E-state index in [1.165, 1.54) is 18.5 Å². The molecule has 2 aromatic rings. The molecular formula is C16H18FN5O2. The Hall–Kier alpha value is -2.77. The van der Waals surface area contributed by atoms with Crippen LogP contribution in [-0.2, 0) is 9.63 Å². The van der Waals surface area contributed by atoms with Gasteiger partial charge in [0.2, 0.25) is 6.10 Å². The molecule has 0 radical (unpaired) electrons. The summed E-state index contributed by atoms with van der Waals surface area (Å²) < 4.78 is 14.7. The molecule has 126 valence electrons. The Bertz CT molecular complexity index is 729. The Labute approximate surface area is 138 Å². The van der Waals surface area contributed by atoms with Crippen molar-refractivity contribution in [3.63, 3.8) is 0 Å². The number of hydrogen-bond donors (Lipinski definition) is 1. The summed E-state index contributed by atoms with van der Waals surface area (Å²) in [5.74, 6) is -0.783. The summed E-state index contributed by atoms with van der Waals surface area (Å²) in [5, 5.41) is 10.9. The van der Waals surface area contributed by atoms with Crippen LogP contribution in [0, 0.1) is 11.7 Å². The number of nitrogens with one attached hydrogen (secondary N) is 1. The highest BCUT2D eigenvalue weighted by Crippen LogP contribution is 2.23. The van der Waals surface area contributed by atoms with E-state index < -0.39 is 6.10 Å². The number of hydrogen-bond acceptors (Lipinski definition) is 5. The van der Waals surface area contributed by atoms with E-state index in [4.69, 9.17) is 4.84 Å². The van der Waals surface area contributed by atoms with Crippen LogP contribution in [0.2, 0.25) is 0 Å². The number of oxime groups is 1. The lowest BCUT2D eigenvalue weighted by molar-refractivity contribution is -0.132. The van der Waals surface area contributed by atoms with Crippen molar-refractivity contribution in [1.82, 2.24) is 20.1 Å². The quantitative estimate of drug-likeness (QED) is 0.901. The van der Waals surface area contributed by atoms with Gasteiger partial charge in [-0.05, 0) is 24.6 Å². The highest BCUT2D eigenvalue weighted by atomic mass is 19.1. The maximum Gasteiger partial charge on any atom is 0.264 e. The van der Waals surface area contributed by atoms with Crippen molar-refractivity contribution >= 4 is 11.6 Å². The second-order valence-electron chi connectivity index (χ2n) is 5.77. The average Bonchev–Trinajstić information content (AvgIpc) is 3.23. The summed E-state index contributed by atoms with van der Waals surface area (Å²) in [6, 6.07) is 5.95. The second kappa shape index (κ2) is 6.77. The van der Waals surface area contributed by atoms with Gasteiger partial charge in [-0.25, -0.2) is 14.1 Å². The molecule has 8 heteroatoms. The molecule has 1 amide bonds. The van der Waals surface area contributed by atoms with Crippen molar-refractivity contribution in [2.45, 2.75) is 26.0 Å². The van der Waals surface area contributed by atoms with Gasteiger partial charge in [0.1, 0.15) is 18.5 Å². The standard InChI is InChI=1S/C16H18FN5O2/c1-10(22-9-18-8-20-22)7-19-16(23)15-11(2)14(21-24-15)12-3-5-13(17)6-4-12/h3-6,8-11,15H,7H2,1-2H3,(H,19,23)/t10-,11-,15+/m1/s1. The predicted octanol–water partition coefficient (Wildman–Crippen LogP) is 1.53. The molecule has 0 fully saturated rings. The molecule has 1 aromatic heterocycles.